The van der Waals surface area contributed by atoms with E-state index in [0.717, 1.165) is 29.3 Å². The monoisotopic (exact) mass is 352 g/mol. The number of amides is 1. The van der Waals surface area contributed by atoms with Gasteiger partial charge in [-0.2, -0.15) is 0 Å². The molecule has 8 heteroatoms. The van der Waals surface area contributed by atoms with Crippen LogP contribution < -0.4 is 10.1 Å². The van der Waals surface area contributed by atoms with Crippen molar-refractivity contribution in [2.45, 2.75) is 13.8 Å². The smallest absolute Gasteiger partial charge is 0.271 e. The maximum Gasteiger partial charge on any atom is 0.271 e. The van der Waals surface area contributed by atoms with Crippen LogP contribution in [-0.4, -0.2) is 17.4 Å². The first-order valence-corrected chi connectivity index (χ1v) is 7.29. The summed E-state index contributed by atoms with van der Waals surface area (Å²) in [5.41, 5.74) is 1.01. The molecule has 2 rings (SSSR count). The Morgan fingerprint density at radius 3 is 2.50 bits per heavy atom. The third kappa shape index (κ3) is 4.20. The second-order valence-electron chi connectivity index (χ2n) is 5.13. The zero-order valence-corrected chi connectivity index (χ0v) is 13.7. The predicted octanol–water partition coefficient (Wildman–Crippen LogP) is 4.02. The lowest BCUT2D eigenvalue weighted by atomic mass is 10.1. The predicted molar refractivity (Wildman–Crippen MR) is 88.1 cm³/mol. The van der Waals surface area contributed by atoms with Crippen LogP contribution in [0, 0.1) is 29.8 Å². The van der Waals surface area contributed by atoms with E-state index in [1.54, 1.807) is 26.0 Å². The van der Waals surface area contributed by atoms with Crippen LogP contribution in [-0.2, 0) is 4.79 Å². The van der Waals surface area contributed by atoms with Gasteiger partial charge in [0, 0.05) is 17.2 Å². The van der Waals surface area contributed by atoms with E-state index in [9.17, 15) is 19.3 Å². The highest BCUT2D eigenvalue weighted by molar-refractivity contribution is 6.32. The van der Waals surface area contributed by atoms with Crippen molar-refractivity contribution in [2.75, 3.05) is 11.9 Å². The van der Waals surface area contributed by atoms with Gasteiger partial charge >= 0.3 is 0 Å². The molecule has 24 heavy (non-hydrogen) atoms. The van der Waals surface area contributed by atoms with Gasteiger partial charge in [-0.3, -0.25) is 14.9 Å². The molecule has 0 unspecified atom stereocenters. The zero-order valence-electron chi connectivity index (χ0n) is 12.9. The first kappa shape index (κ1) is 17.7. The topological polar surface area (TPSA) is 81.5 Å². The third-order valence-electron chi connectivity index (χ3n) is 3.21. The van der Waals surface area contributed by atoms with Crippen LogP contribution in [0.4, 0.5) is 15.8 Å². The highest BCUT2D eigenvalue weighted by atomic mass is 35.5. The second kappa shape index (κ2) is 7.27. The van der Waals surface area contributed by atoms with Crippen molar-refractivity contribution in [3.8, 4) is 5.75 Å². The molecule has 1 N–H and O–H groups in total. The number of nitro benzene ring substituents is 1. The van der Waals surface area contributed by atoms with Gasteiger partial charge in [-0.25, -0.2) is 4.39 Å². The van der Waals surface area contributed by atoms with Gasteiger partial charge in [-0.15, -0.1) is 0 Å². The Hall–Kier alpha value is -2.67. The van der Waals surface area contributed by atoms with Crippen molar-refractivity contribution in [2.24, 2.45) is 0 Å². The highest BCUT2D eigenvalue weighted by Crippen LogP contribution is 2.26. The van der Waals surface area contributed by atoms with Crippen molar-refractivity contribution in [3.63, 3.8) is 0 Å². The molecule has 0 fully saturated rings. The average molecular weight is 353 g/mol. The van der Waals surface area contributed by atoms with Gasteiger partial charge in [0.25, 0.3) is 11.6 Å². The fraction of sp³-hybridized carbons (Fsp3) is 0.188. The van der Waals surface area contributed by atoms with Gasteiger partial charge in [-0.1, -0.05) is 11.6 Å². The van der Waals surface area contributed by atoms with Crippen molar-refractivity contribution < 1.29 is 18.8 Å². The quantitative estimate of drug-likeness (QED) is 0.650. The fourth-order valence-electron chi connectivity index (χ4n) is 2.05. The Balaban J connectivity index is 2.04. The van der Waals surface area contributed by atoms with E-state index in [-0.39, 0.29) is 18.0 Å². The molecular formula is C16H14ClFN2O4. The van der Waals surface area contributed by atoms with Crippen molar-refractivity contribution >= 4 is 28.9 Å². The molecule has 0 bridgehead atoms. The summed E-state index contributed by atoms with van der Waals surface area (Å²) in [4.78, 5) is 21.9. The Bertz CT molecular complexity index is 788. The number of non-ortho nitro benzene ring substituents is 1. The molecule has 0 saturated heterocycles. The minimum atomic E-state index is -0.771. The number of carbonyl (C=O) groups excluding carboxylic acids is 1. The Labute approximate surface area is 142 Å². The van der Waals surface area contributed by atoms with Gasteiger partial charge in [0.15, 0.2) is 6.61 Å². The van der Waals surface area contributed by atoms with Crippen LogP contribution in [0.25, 0.3) is 0 Å². The number of halogens is 2. The normalized spacial score (nSPS) is 10.3. The number of benzene rings is 2. The van der Waals surface area contributed by atoms with E-state index in [1.165, 1.54) is 0 Å². The van der Waals surface area contributed by atoms with Crippen LogP contribution >= 0.6 is 11.6 Å². The van der Waals surface area contributed by atoms with Crippen LogP contribution in [0.5, 0.6) is 5.75 Å². The van der Waals surface area contributed by atoms with Crippen molar-refractivity contribution in [1.29, 1.82) is 0 Å². The molecule has 0 spiro atoms. The van der Waals surface area contributed by atoms with E-state index in [4.69, 9.17) is 16.3 Å². The van der Waals surface area contributed by atoms with E-state index in [0.29, 0.717) is 10.8 Å². The Morgan fingerprint density at radius 2 is 1.92 bits per heavy atom. The number of rotatable bonds is 5. The Morgan fingerprint density at radius 1 is 1.29 bits per heavy atom. The minimum absolute atomic E-state index is 0.277. The summed E-state index contributed by atoms with van der Waals surface area (Å²) in [6.45, 7) is 3.24. The van der Waals surface area contributed by atoms with Crippen LogP contribution in [0.2, 0.25) is 5.02 Å². The van der Waals surface area contributed by atoms with Gasteiger partial charge in [0.1, 0.15) is 11.6 Å². The molecule has 0 heterocycles. The summed E-state index contributed by atoms with van der Waals surface area (Å²) < 4.78 is 19.0. The summed E-state index contributed by atoms with van der Waals surface area (Å²) >= 11 is 6.05. The van der Waals surface area contributed by atoms with Gasteiger partial charge in [0.05, 0.1) is 10.6 Å². The average Bonchev–Trinajstić information content (AvgIpc) is 2.52. The number of hydrogen-bond donors (Lipinski definition) is 1. The molecule has 0 aliphatic heterocycles. The molecule has 0 saturated carbocycles. The largest absolute Gasteiger partial charge is 0.484 e. The van der Waals surface area contributed by atoms with Crippen molar-refractivity contribution in [3.05, 3.63) is 62.4 Å². The maximum atomic E-state index is 13.6. The molecule has 0 aromatic heterocycles. The maximum absolute atomic E-state index is 13.6. The zero-order chi connectivity index (χ0) is 17.9. The molecule has 0 aliphatic carbocycles. The van der Waals surface area contributed by atoms with Crippen LogP contribution in [0.15, 0.2) is 30.3 Å². The molecular weight excluding hydrogens is 339 g/mol. The molecule has 6 nitrogen and oxygen atoms in total. The van der Waals surface area contributed by atoms with Crippen LogP contribution in [0.3, 0.4) is 0 Å². The van der Waals surface area contributed by atoms with Crippen LogP contribution in [0.1, 0.15) is 11.1 Å². The lowest BCUT2D eigenvalue weighted by Gasteiger charge is -2.10. The molecule has 0 radical (unpaired) electrons. The van der Waals surface area contributed by atoms with Crippen molar-refractivity contribution in [1.82, 2.24) is 0 Å². The number of nitro groups is 1. The van der Waals surface area contributed by atoms with E-state index in [2.05, 4.69) is 5.32 Å². The summed E-state index contributed by atoms with van der Waals surface area (Å²) in [5.74, 6) is -0.962. The second-order valence-corrected chi connectivity index (χ2v) is 5.51. The third-order valence-corrected chi connectivity index (χ3v) is 3.81. The lowest BCUT2D eigenvalue weighted by molar-refractivity contribution is -0.384. The number of carbonyl (C=O) groups is 1. The summed E-state index contributed by atoms with van der Waals surface area (Å²) in [7, 11) is 0. The molecule has 126 valence electrons. The standard InChI is InChI=1S/C16H14ClFN2O4/c1-9-5-12(6-10(2)16(9)17)24-8-15(21)19-14-7-11(20(22)23)3-4-13(14)18/h3-7H,8H2,1-2H3,(H,19,21). The molecule has 2 aromatic carbocycles. The van der Waals surface area contributed by atoms with Gasteiger partial charge in [-0.05, 0) is 43.2 Å². The molecule has 1 amide bonds. The van der Waals surface area contributed by atoms with Gasteiger partial charge in [0.2, 0.25) is 0 Å². The first-order valence-electron chi connectivity index (χ1n) is 6.91. The summed E-state index contributed by atoms with van der Waals surface area (Å²) in [6, 6.07) is 6.23. The summed E-state index contributed by atoms with van der Waals surface area (Å²) in [6.07, 6.45) is 0. The Kier molecular flexibility index (Phi) is 5.35. The number of hydrogen-bond acceptors (Lipinski definition) is 4. The minimum Gasteiger partial charge on any atom is -0.484 e. The lowest BCUT2D eigenvalue weighted by Crippen LogP contribution is -2.21. The van der Waals surface area contributed by atoms with E-state index in [1.807, 2.05) is 0 Å². The number of ether oxygens (including phenoxy) is 1. The first-order chi connectivity index (χ1) is 11.3. The number of aryl methyl sites for hydroxylation is 2. The number of nitrogens with zero attached hydrogens (tertiary/aromatic N) is 1. The van der Waals surface area contributed by atoms with Gasteiger partial charge < -0.3 is 10.1 Å². The molecule has 0 atom stereocenters. The number of anilines is 1. The number of nitrogens with one attached hydrogen (secondary N) is 1. The fourth-order valence-corrected chi connectivity index (χ4v) is 2.16. The molecule has 2 aromatic rings. The SMILES string of the molecule is Cc1cc(OCC(=O)Nc2cc([N+](=O)[O-])ccc2F)cc(C)c1Cl. The van der Waals surface area contributed by atoms with E-state index < -0.39 is 16.6 Å². The van der Waals surface area contributed by atoms with E-state index >= 15 is 0 Å². The highest BCUT2D eigenvalue weighted by Gasteiger charge is 2.14. The summed E-state index contributed by atoms with van der Waals surface area (Å²) in [5, 5.41) is 13.6. The molecule has 0 aliphatic rings.